The summed E-state index contributed by atoms with van der Waals surface area (Å²) in [5.74, 6) is 0.681. The van der Waals surface area contributed by atoms with Gasteiger partial charge in [0, 0.05) is 43.7 Å². The largest absolute Gasteiger partial charge is 0.288 e. The molecule has 1 aromatic carbocycles. The van der Waals surface area contributed by atoms with Gasteiger partial charge in [-0.05, 0) is 23.6 Å². The van der Waals surface area contributed by atoms with E-state index >= 15 is 0 Å². The minimum Gasteiger partial charge on any atom is -0.288 e. The second-order valence-corrected chi connectivity index (χ2v) is 6.99. The highest BCUT2D eigenvalue weighted by Gasteiger charge is 2.09. The molecule has 0 aliphatic carbocycles. The van der Waals surface area contributed by atoms with Crippen LogP contribution >= 0.6 is 0 Å². The van der Waals surface area contributed by atoms with Gasteiger partial charge in [-0.25, -0.2) is 14.6 Å². The van der Waals surface area contributed by atoms with Crippen LogP contribution in [0, 0.1) is 0 Å². The minimum absolute atomic E-state index is 0.0873. The molecule has 7 heteroatoms. The summed E-state index contributed by atoms with van der Waals surface area (Å²) in [6.45, 7) is 2.14. The van der Waals surface area contributed by atoms with Crippen LogP contribution in [-0.4, -0.2) is 29.5 Å². The molecule has 0 radical (unpaired) electrons. The lowest BCUT2D eigenvalue weighted by Crippen LogP contribution is -2.16. The average molecular weight is 386 g/mol. The van der Waals surface area contributed by atoms with Gasteiger partial charge >= 0.3 is 0 Å². The summed E-state index contributed by atoms with van der Waals surface area (Å²) >= 11 is 0. The van der Waals surface area contributed by atoms with E-state index in [4.69, 9.17) is 0 Å². The summed E-state index contributed by atoms with van der Waals surface area (Å²) in [6.07, 6.45) is 11.4. The minimum atomic E-state index is -0.0873. The highest BCUT2D eigenvalue weighted by Crippen LogP contribution is 2.18. The van der Waals surface area contributed by atoms with Crippen molar-refractivity contribution in [3.63, 3.8) is 0 Å². The molecule has 0 aliphatic rings. The van der Waals surface area contributed by atoms with Crippen LogP contribution < -0.4 is 5.43 Å². The molecule has 0 bridgehead atoms. The number of hydrogen-bond donors (Lipinski definition) is 0. The number of aromatic nitrogens is 6. The topological polar surface area (TPSA) is 78.5 Å². The number of nitrogens with zero attached hydrogens (tertiary/aromatic N) is 6. The third kappa shape index (κ3) is 4.29. The van der Waals surface area contributed by atoms with Gasteiger partial charge < -0.3 is 0 Å². The normalized spacial score (nSPS) is 11.0. The third-order valence-corrected chi connectivity index (χ3v) is 4.64. The molecule has 7 nitrogen and oxygen atoms in total. The van der Waals surface area contributed by atoms with E-state index in [2.05, 4.69) is 27.1 Å². The fraction of sp³-hybridized carbons (Fsp3) is 0.227. The molecular weight excluding hydrogens is 364 g/mol. The number of aryl methyl sites for hydroxylation is 2. The van der Waals surface area contributed by atoms with Gasteiger partial charge in [0.25, 0.3) is 0 Å². The lowest BCUT2D eigenvalue weighted by molar-refractivity contribution is 0.762. The highest BCUT2D eigenvalue weighted by atomic mass is 16.1. The Hall–Kier alpha value is -3.61. The monoisotopic (exact) mass is 386 g/mol. The van der Waals surface area contributed by atoms with Gasteiger partial charge in [0.15, 0.2) is 5.82 Å². The van der Waals surface area contributed by atoms with Crippen molar-refractivity contribution in [3.8, 4) is 17.1 Å². The molecule has 0 unspecified atom stereocenters. The van der Waals surface area contributed by atoms with E-state index in [1.807, 2.05) is 49.9 Å². The maximum atomic E-state index is 12.3. The van der Waals surface area contributed by atoms with Crippen LogP contribution in [-0.2, 0) is 19.9 Å². The van der Waals surface area contributed by atoms with Crippen molar-refractivity contribution in [2.75, 3.05) is 0 Å². The fourth-order valence-electron chi connectivity index (χ4n) is 3.18. The summed E-state index contributed by atoms with van der Waals surface area (Å²) in [6, 6.07) is 9.46. The van der Waals surface area contributed by atoms with Crippen molar-refractivity contribution < 1.29 is 0 Å². The van der Waals surface area contributed by atoms with Crippen LogP contribution in [0.5, 0.6) is 0 Å². The van der Waals surface area contributed by atoms with Crippen molar-refractivity contribution in [2.24, 2.45) is 7.05 Å². The van der Waals surface area contributed by atoms with E-state index in [0.29, 0.717) is 17.9 Å². The van der Waals surface area contributed by atoms with Gasteiger partial charge in [-0.2, -0.15) is 10.2 Å². The van der Waals surface area contributed by atoms with Crippen molar-refractivity contribution in [3.05, 3.63) is 88.4 Å². The third-order valence-electron chi connectivity index (χ3n) is 4.64. The Morgan fingerprint density at radius 2 is 1.86 bits per heavy atom. The van der Waals surface area contributed by atoms with E-state index in [1.165, 1.54) is 6.07 Å². The second-order valence-electron chi connectivity index (χ2n) is 6.99. The van der Waals surface area contributed by atoms with Crippen molar-refractivity contribution in [1.82, 2.24) is 29.5 Å². The van der Waals surface area contributed by atoms with Crippen LogP contribution in [0.3, 0.4) is 0 Å². The number of benzene rings is 1. The summed E-state index contributed by atoms with van der Waals surface area (Å²) in [5.41, 5.74) is 4.25. The first-order valence-electron chi connectivity index (χ1n) is 9.60. The van der Waals surface area contributed by atoms with Gasteiger partial charge in [0.2, 0.25) is 5.43 Å². The Kier molecular flexibility index (Phi) is 5.29. The smallest absolute Gasteiger partial charge is 0.203 e. The molecule has 0 amide bonds. The van der Waals surface area contributed by atoms with Crippen molar-refractivity contribution in [2.45, 2.75) is 26.2 Å². The maximum Gasteiger partial charge on any atom is 0.203 e. The lowest BCUT2D eigenvalue weighted by atomic mass is 10.1. The van der Waals surface area contributed by atoms with Gasteiger partial charge in [0.1, 0.15) is 11.4 Å². The van der Waals surface area contributed by atoms with Crippen molar-refractivity contribution in [1.29, 1.82) is 0 Å². The first kappa shape index (κ1) is 18.7. The summed E-state index contributed by atoms with van der Waals surface area (Å²) < 4.78 is 3.37. The lowest BCUT2D eigenvalue weighted by Gasteiger charge is -2.07. The molecule has 0 N–H and O–H groups in total. The predicted octanol–water partition coefficient (Wildman–Crippen LogP) is 2.97. The molecular formula is C22H22N6O. The van der Waals surface area contributed by atoms with E-state index in [0.717, 1.165) is 35.2 Å². The molecule has 146 valence electrons. The maximum absolute atomic E-state index is 12.3. The Morgan fingerprint density at radius 3 is 2.59 bits per heavy atom. The summed E-state index contributed by atoms with van der Waals surface area (Å²) in [4.78, 5) is 21.3. The average Bonchev–Trinajstić information content (AvgIpc) is 3.17. The number of hydrogen-bond acceptors (Lipinski definition) is 5. The van der Waals surface area contributed by atoms with E-state index in [-0.39, 0.29) is 5.43 Å². The summed E-state index contributed by atoms with van der Waals surface area (Å²) in [5, 5.41) is 8.66. The molecule has 0 saturated heterocycles. The molecule has 0 atom stereocenters. The Labute approximate surface area is 168 Å². The molecule has 0 aliphatic heterocycles. The first-order chi connectivity index (χ1) is 14.1. The molecule has 3 aromatic heterocycles. The van der Waals surface area contributed by atoms with Crippen LogP contribution in [0.2, 0.25) is 0 Å². The zero-order valence-electron chi connectivity index (χ0n) is 16.5. The molecule has 4 rings (SSSR count). The molecule has 3 heterocycles. The van der Waals surface area contributed by atoms with Crippen LogP contribution in [0.1, 0.15) is 30.2 Å². The Bertz CT molecular complexity index is 1180. The van der Waals surface area contributed by atoms with E-state index in [9.17, 15) is 4.79 Å². The zero-order valence-corrected chi connectivity index (χ0v) is 16.5. The fourth-order valence-corrected chi connectivity index (χ4v) is 3.18. The first-order valence-corrected chi connectivity index (χ1v) is 9.60. The SMILES string of the molecule is CCCc1cnc(-c2cccc(Cc3nn(-c4cnn(C)c4)ccc3=O)c2)nc1. The zero-order chi connectivity index (χ0) is 20.2. The Morgan fingerprint density at radius 1 is 1.03 bits per heavy atom. The van der Waals surface area contributed by atoms with Crippen LogP contribution in [0.4, 0.5) is 0 Å². The van der Waals surface area contributed by atoms with Crippen LogP contribution in [0.25, 0.3) is 17.1 Å². The van der Waals surface area contributed by atoms with Crippen LogP contribution in [0.15, 0.2) is 66.1 Å². The molecule has 4 aromatic rings. The van der Waals surface area contributed by atoms with E-state index in [1.54, 1.807) is 21.8 Å². The van der Waals surface area contributed by atoms with Gasteiger partial charge in [-0.3, -0.25) is 9.48 Å². The van der Waals surface area contributed by atoms with Gasteiger partial charge in [0.05, 0.1) is 12.4 Å². The van der Waals surface area contributed by atoms with Gasteiger partial charge in [-0.1, -0.05) is 31.5 Å². The molecule has 29 heavy (non-hydrogen) atoms. The van der Waals surface area contributed by atoms with Crippen molar-refractivity contribution >= 4 is 0 Å². The standard InChI is InChI=1S/C22H22N6O/c1-3-5-17-12-23-22(24-13-17)18-7-4-6-16(10-18)11-20-21(29)8-9-28(26-20)19-14-25-27(2)15-19/h4,6-10,12-15H,3,5,11H2,1-2H3. The quantitative estimate of drug-likeness (QED) is 0.509. The Balaban J connectivity index is 1.60. The second kappa shape index (κ2) is 8.18. The highest BCUT2D eigenvalue weighted by molar-refractivity contribution is 5.56. The predicted molar refractivity (Wildman–Crippen MR) is 111 cm³/mol. The number of rotatable bonds is 6. The van der Waals surface area contributed by atoms with Gasteiger partial charge in [-0.15, -0.1) is 0 Å². The molecule has 0 fully saturated rings. The summed E-state index contributed by atoms with van der Waals surface area (Å²) in [7, 11) is 1.84. The molecule has 0 spiro atoms. The molecule has 0 saturated carbocycles. The van der Waals surface area contributed by atoms with E-state index < -0.39 is 0 Å².